The van der Waals surface area contributed by atoms with E-state index in [0.29, 0.717) is 12.8 Å². The Balaban J connectivity index is 1.89. The van der Waals surface area contributed by atoms with Crippen molar-refractivity contribution in [3.05, 3.63) is 59.2 Å². The van der Waals surface area contributed by atoms with Crippen molar-refractivity contribution in [3.63, 3.8) is 0 Å². The summed E-state index contributed by atoms with van der Waals surface area (Å²) in [7, 11) is 0. The Hall–Kier alpha value is -2.29. The minimum absolute atomic E-state index is 0.139. The molecule has 2 heterocycles. The third-order valence-corrected chi connectivity index (χ3v) is 4.43. The largest absolute Gasteiger partial charge is 0.461 e. The first-order valence-corrected chi connectivity index (χ1v) is 7.30. The van der Waals surface area contributed by atoms with Crippen LogP contribution in [0.15, 0.2) is 42.5 Å². The van der Waals surface area contributed by atoms with Crippen molar-refractivity contribution in [2.24, 2.45) is 0 Å². The summed E-state index contributed by atoms with van der Waals surface area (Å²) in [4.78, 5) is 14.3. The summed E-state index contributed by atoms with van der Waals surface area (Å²) in [6.45, 7) is 4.10. The number of ether oxygens (including phenoxy) is 1. The van der Waals surface area contributed by atoms with Crippen LogP contribution in [0.4, 0.5) is 5.69 Å². The van der Waals surface area contributed by atoms with Crippen molar-refractivity contribution in [2.75, 3.05) is 4.90 Å². The summed E-state index contributed by atoms with van der Waals surface area (Å²) in [5.41, 5.74) is 3.64. The lowest BCUT2D eigenvalue weighted by Gasteiger charge is -2.31. The molecule has 0 spiro atoms. The van der Waals surface area contributed by atoms with E-state index in [9.17, 15) is 4.79 Å². The molecular formula is C18H17NO2. The normalized spacial score (nSPS) is 23.0. The minimum Gasteiger partial charge on any atom is -0.461 e. The van der Waals surface area contributed by atoms with E-state index in [1.165, 1.54) is 5.56 Å². The van der Waals surface area contributed by atoms with Gasteiger partial charge in [0.2, 0.25) is 11.6 Å². The fourth-order valence-electron chi connectivity index (χ4n) is 3.34. The monoisotopic (exact) mass is 279 g/mol. The Morgan fingerprint density at radius 3 is 2.52 bits per heavy atom. The number of fused-ring (bicyclic) bond motifs is 3. The van der Waals surface area contributed by atoms with E-state index in [4.69, 9.17) is 4.74 Å². The van der Waals surface area contributed by atoms with Crippen molar-refractivity contribution in [1.29, 1.82) is 0 Å². The number of nitrogens with zero attached hydrogens (tertiary/aromatic N) is 1. The number of rotatable bonds is 1. The SMILES string of the molecule is Cc1ccc(C23CCC(=O)N2c2cc(C)ccc2O3)cc1. The molecule has 106 valence electrons. The molecule has 2 aromatic carbocycles. The first kappa shape index (κ1) is 12.5. The van der Waals surface area contributed by atoms with Crippen molar-refractivity contribution >= 4 is 11.6 Å². The number of carbonyl (C=O) groups excluding carboxylic acids is 1. The van der Waals surface area contributed by atoms with Gasteiger partial charge >= 0.3 is 0 Å². The fraction of sp³-hybridized carbons (Fsp3) is 0.278. The Labute approximate surface area is 124 Å². The lowest BCUT2D eigenvalue weighted by atomic mass is 9.99. The maximum absolute atomic E-state index is 12.4. The smallest absolute Gasteiger partial charge is 0.230 e. The molecule has 0 saturated carbocycles. The van der Waals surface area contributed by atoms with Crippen molar-refractivity contribution in [1.82, 2.24) is 0 Å². The Morgan fingerprint density at radius 1 is 1.05 bits per heavy atom. The van der Waals surface area contributed by atoms with Crippen molar-refractivity contribution in [2.45, 2.75) is 32.4 Å². The minimum atomic E-state index is -0.652. The Morgan fingerprint density at radius 2 is 1.76 bits per heavy atom. The molecule has 0 bridgehead atoms. The number of amides is 1. The van der Waals surface area contributed by atoms with Gasteiger partial charge in [0.15, 0.2) is 0 Å². The van der Waals surface area contributed by atoms with Crippen LogP contribution in [-0.4, -0.2) is 5.91 Å². The maximum Gasteiger partial charge on any atom is 0.230 e. The molecule has 3 nitrogen and oxygen atoms in total. The van der Waals surface area contributed by atoms with Crippen molar-refractivity contribution in [3.8, 4) is 5.75 Å². The standard InChI is InChI=1S/C18H17NO2/c1-12-3-6-14(7-4-12)18-10-9-17(20)19(18)15-11-13(2)5-8-16(15)21-18/h3-8,11H,9-10H2,1-2H3. The van der Waals surface area contributed by atoms with Crippen LogP contribution in [0.5, 0.6) is 5.75 Å². The van der Waals surface area contributed by atoms with Crippen LogP contribution in [0.25, 0.3) is 0 Å². The van der Waals surface area contributed by atoms with E-state index < -0.39 is 5.72 Å². The zero-order valence-electron chi connectivity index (χ0n) is 12.2. The molecule has 21 heavy (non-hydrogen) atoms. The maximum atomic E-state index is 12.4. The Bertz CT molecular complexity index is 735. The molecule has 0 radical (unpaired) electrons. The third-order valence-electron chi connectivity index (χ3n) is 4.43. The number of benzene rings is 2. The van der Waals surface area contributed by atoms with Gasteiger partial charge in [0.25, 0.3) is 0 Å². The Kier molecular flexibility index (Phi) is 2.43. The van der Waals surface area contributed by atoms with E-state index in [0.717, 1.165) is 22.6 Å². The molecule has 4 rings (SSSR count). The molecule has 2 aliphatic heterocycles. The number of carbonyl (C=O) groups is 1. The van der Waals surface area contributed by atoms with Gasteiger partial charge in [-0.1, -0.05) is 35.9 Å². The third kappa shape index (κ3) is 1.63. The van der Waals surface area contributed by atoms with Gasteiger partial charge in [-0.25, -0.2) is 0 Å². The molecule has 1 unspecified atom stereocenters. The van der Waals surface area contributed by atoms with Gasteiger partial charge in [-0.15, -0.1) is 0 Å². The predicted molar refractivity (Wildman–Crippen MR) is 81.4 cm³/mol. The van der Waals surface area contributed by atoms with Gasteiger partial charge < -0.3 is 4.74 Å². The van der Waals surface area contributed by atoms with Gasteiger partial charge in [-0.3, -0.25) is 9.69 Å². The van der Waals surface area contributed by atoms with Gasteiger partial charge in [0.1, 0.15) is 5.75 Å². The summed E-state index contributed by atoms with van der Waals surface area (Å²) in [6.07, 6.45) is 1.23. The molecule has 3 heteroatoms. The first-order valence-electron chi connectivity index (χ1n) is 7.30. The highest BCUT2D eigenvalue weighted by Gasteiger charge is 2.54. The van der Waals surface area contributed by atoms with Crippen LogP contribution < -0.4 is 9.64 Å². The summed E-state index contributed by atoms with van der Waals surface area (Å²) in [6, 6.07) is 14.3. The van der Waals surface area contributed by atoms with E-state index in [2.05, 4.69) is 31.2 Å². The second-order valence-electron chi connectivity index (χ2n) is 5.95. The molecule has 0 N–H and O–H groups in total. The highest BCUT2D eigenvalue weighted by molar-refractivity contribution is 6.00. The molecule has 1 atom stereocenters. The molecule has 2 aliphatic rings. The molecule has 1 fully saturated rings. The van der Waals surface area contributed by atoms with E-state index in [-0.39, 0.29) is 5.91 Å². The van der Waals surface area contributed by atoms with E-state index in [1.54, 1.807) is 0 Å². The fourth-order valence-corrected chi connectivity index (χ4v) is 3.34. The van der Waals surface area contributed by atoms with Crippen LogP contribution in [0.3, 0.4) is 0 Å². The molecule has 2 aromatic rings. The number of aryl methyl sites for hydroxylation is 2. The van der Waals surface area contributed by atoms with Gasteiger partial charge in [0.05, 0.1) is 5.69 Å². The van der Waals surface area contributed by atoms with E-state index >= 15 is 0 Å². The average molecular weight is 279 g/mol. The quantitative estimate of drug-likeness (QED) is 0.797. The molecule has 1 amide bonds. The lowest BCUT2D eigenvalue weighted by molar-refractivity contribution is -0.117. The zero-order chi connectivity index (χ0) is 14.6. The van der Waals surface area contributed by atoms with Crippen LogP contribution in [0.1, 0.15) is 29.5 Å². The second-order valence-corrected chi connectivity index (χ2v) is 5.95. The number of hydrogen-bond acceptors (Lipinski definition) is 2. The average Bonchev–Trinajstić information content (AvgIpc) is 2.96. The van der Waals surface area contributed by atoms with Gasteiger partial charge in [0, 0.05) is 18.4 Å². The predicted octanol–water partition coefficient (Wildman–Crippen LogP) is 3.68. The number of hydrogen-bond donors (Lipinski definition) is 0. The first-order chi connectivity index (χ1) is 10.1. The van der Waals surface area contributed by atoms with Gasteiger partial charge in [-0.05, 0) is 31.5 Å². The molecular weight excluding hydrogens is 262 g/mol. The molecule has 0 aliphatic carbocycles. The lowest BCUT2D eigenvalue weighted by Crippen LogP contribution is -2.43. The van der Waals surface area contributed by atoms with Crippen LogP contribution in [0.2, 0.25) is 0 Å². The highest BCUT2D eigenvalue weighted by atomic mass is 16.5. The molecule has 1 saturated heterocycles. The summed E-state index contributed by atoms with van der Waals surface area (Å²) >= 11 is 0. The van der Waals surface area contributed by atoms with Gasteiger partial charge in [-0.2, -0.15) is 0 Å². The summed E-state index contributed by atoms with van der Waals surface area (Å²) < 4.78 is 6.27. The number of anilines is 1. The molecule has 0 aromatic heterocycles. The topological polar surface area (TPSA) is 29.5 Å². The summed E-state index contributed by atoms with van der Waals surface area (Å²) in [5, 5.41) is 0. The van der Waals surface area contributed by atoms with Crippen LogP contribution in [0, 0.1) is 13.8 Å². The highest BCUT2D eigenvalue weighted by Crippen LogP contribution is 2.53. The van der Waals surface area contributed by atoms with E-state index in [1.807, 2.05) is 30.0 Å². The zero-order valence-corrected chi connectivity index (χ0v) is 12.2. The summed E-state index contributed by atoms with van der Waals surface area (Å²) in [5.74, 6) is 0.939. The second kappa shape index (κ2) is 4.10. The van der Waals surface area contributed by atoms with Crippen LogP contribution >= 0.6 is 0 Å². The van der Waals surface area contributed by atoms with Crippen LogP contribution in [-0.2, 0) is 10.5 Å². The van der Waals surface area contributed by atoms with Crippen molar-refractivity contribution < 1.29 is 9.53 Å².